The van der Waals surface area contributed by atoms with Crippen molar-refractivity contribution >= 4 is 77.5 Å². The number of benzene rings is 3. The highest BCUT2D eigenvalue weighted by Crippen LogP contribution is 2.20. The summed E-state index contributed by atoms with van der Waals surface area (Å²) in [5.41, 5.74) is 14.8. The van der Waals surface area contributed by atoms with Crippen LogP contribution in [0.1, 0.15) is 49.8 Å². The van der Waals surface area contributed by atoms with Crippen LogP contribution in [-0.4, -0.2) is 147 Å². The maximum atomic E-state index is 14.6. The predicted molar refractivity (Wildman–Crippen MR) is 275 cm³/mol. The van der Waals surface area contributed by atoms with Crippen LogP contribution < -0.4 is 48.7 Å². The molecule has 0 unspecified atom stereocenters. The van der Waals surface area contributed by atoms with E-state index < -0.39 is 108 Å². The lowest BCUT2D eigenvalue weighted by molar-refractivity contribution is -0.136. The molecule has 4 aromatic rings. The number of hydrogen-bond acceptors (Lipinski definition) is 14. The Morgan fingerprint density at radius 3 is 1.59 bits per heavy atom. The van der Waals surface area contributed by atoms with Crippen LogP contribution in [0.15, 0.2) is 91.1 Å². The molecule has 1 aromatic heterocycles. The van der Waals surface area contributed by atoms with E-state index in [2.05, 4.69) is 67.5 Å². The molecular weight excluding hydrogens is 953 g/mol. The molecule has 0 spiro atoms. The van der Waals surface area contributed by atoms with Crippen LogP contribution in [0.4, 0.5) is 0 Å². The van der Waals surface area contributed by atoms with Crippen molar-refractivity contribution in [3.8, 4) is 0 Å². The molecule has 7 amide bonds. The molecule has 386 valence electrons. The number of para-hydroxylation sites is 1. The van der Waals surface area contributed by atoms with Gasteiger partial charge in [0.1, 0.15) is 36.3 Å². The number of aliphatic hydroxyl groups excluding tert-OH is 3. The molecule has 0 saturated carbocycles. The summed E-state index contributed by atoms with van der Waals surface area (Å²) in [5, 5.41) is 49.2. The maximum Gasteiger partial charge on any atom is 0.245 e. The Labute approximate surface area is 423 Å². The topological polar surface area (TPSA) is 332 Å². The number of aromatic amines is 1. The van der Waals surface area contributed by atoms with Crippen LogP contribution in [0, 0.1) is 0 Å². The van der Waals surface area contributed by atoms with E-state index in [1.54, 1.807) is 36.5 Å². The third-order valence-corrected chi connectivity index (χ3v) is 12.4. The molecule has 0 saturated heterocycles. The summed E-state index contributed by atoms with van der Waals surface area (Å²) < 4.78 is 0. The Hall–Kier alpha value is -6.01. The highest BCUT2D eigenvalue weighted by atomic mass is 32.1. The molecule has 1 heterocycles. The number of unbranched alkanes of at least 4 members (excludes halogenated alkanes) is 1. The third-order valence-electron chi connectivity index (χ3n) is 11.7. The van der Waals surface area contributed by atoms with Gasteiger partial charge in [0.25, 0.3) is 0 Å². The fourth-order valence-corrected chi connectivity index (χ4v) is 8.03. The Bertz CT molecular complexity index is 2360. The van der Waals surface area contributed by atoms with Crippen molar-refractivity contribution in [3.63, 3.8) is 0 Å². The van der Waals surface area contributed by atoms with Gasteiger partial charge in [-0.2, -0.15) is 25.3 Å². The van der Waals surface area contributed by atoms with Crippen molar-refractivity contribution < 1.29 is 48.9 Å². The molecule has 10 atom stereocenters. The second kappa shape index (κ2) is 29.4. The lowest BCUT2D eigenvalue weighted by Gasteiger charge is -2.28. The smallest absolute Gasteiger partial charge is 0.245 e. The fourth-order valence-electron chi connectivity index (χ4n) is 7.52. The number of aliphatic hydroxyl groups is 3. The summed E-state index contributed by atoms with van der Waals surface area (Å²) in [6, 6.07) is 15.0. The van der Waals surface area contributed by atoms with Crippen molar-refractivity contribution in [2.24, 2.45) is 11.5 Å². The number of rotatable bonds is 29. The average molecular weight is 1020 g/mol. The largest absolute Gasteiger partial charge is 0.394 e. The minimum absolute atomic E-state index is 0.0127. The fraction of sp³-hybridized carbons (Fsp3) is 0.449. The first-order valence-corrected chi connectivity index (χ1v) is 24.7. The first kappa shape index (κ1) is 57.6. The van der Waals surface area contributed by atoms with Crippen molar-refractivity contribution in [2.75, 3.05) is 24.7 Å². The highest BCUT2D eigenvalue weighted by Gasteiger charge is 2.35. The van der Waals surface area contributed by atoms with Crippen LogP contribution in [0.5, 0.6) is 0 Å². The predicted octanol–water partition coefficient (Wildman–Crippen LogP) is -1.34. The van der Waals surface area contributed by atoms with Crippen molar-refractivity contribution in [1.29, 1.82) is 0 Å². The van der Waals surface area contributed by atoms with Crippen LogP contribution in [0.3, 0.4) is 0 Å². The molecule has 0 bridgehead atoms. The lowest BCUT2D eigenvalue weighted by Crippen LogP contribution is -2.62. The van der Waals surface area contributed by atoms with E-state index in [0.29, 0.717) is 24.0 Å². The minimum Gasteiger partial charge on any atom is -0.394 e. The SMILES string of the molecule is C[C@@H](O)[C@H](NC(=O)[C@H](CCCCN)NC(=O)[C@@H](Cc1c[nH]c2ccccc12)NC(=O)[C@H](Cc1ccccc1)NC(=O)[C@H](CS)NC(=O)[C@H](N)Cc1ccccc1)C(=O)N[C@@H](CS)C(=O)N[C@H](CO)[C@@H](C)O. The van der Waals surface area contributed by atoms with E-state index in [1.165, 1.54) is 13.8 Å². The second-order valence-electron chi connectivity index (χ2n) is 17.3. The molecule has 71 heavy (non-hydrogen) atoms. The summed E-state index contributed by atoms with van der Waals surface area (Å²) in [4.78, 5) is 100. The monoisotopic (exact) mass is 1020 g/mol. The minimum atomic E-state index is -1.65. The summed E-state index contributed by atoms with van der Waals surface area (Å²) >= 11 is 8.47. The first-order chi connectivity index (χ1) is 34.0. The average Bonchev–Trinajstić information content (AvgIpc) is 3.77. The van der Waals surface area contributed by atoms with Gasteiger partial charge in [-0.3, -0.25) is 33.6 Å². The third kappa shape index (κ3) is 18.0. The number of H-pyrrole nitrogens is 1. The summed E-state index contributed by atoms with van der Waals surface area (Å²) in [7, 11) is 0. The van der Waals surface area contributed by atoms with E-state index in [4.69, 9.17) is 11.5 Å². The molecule has 0 aliphatic heterocycles. The van der Waals surface area contributed by atoms with Gasteiger partial charge >= 0.3 is 0 Å². The van der Waals surface area contributed by atoms with Crippen molar-refractivity contribution in [3.05, 3.63) is 108 Å². The zero-order chi connectivity index (χ0) is 52.0. The van der Waals surface area contributed by atoms with E-state index >= 15 is 0 Å². The standard InChI is InChI=1S/C49H68N10O10S2/c1-28(61)39(25-60)56-48(68)41(27-71)58-49(69)42(29(2)62)59-44(64)36(19-11-12-20-50)53-46(66)38(23-32-24-52-35-18-10-9-17-33(32)35)55-45(65)37(22-31-15-7-4-8-16-31)54-47(67)40(26-70)57-43(63)34(51)21-30-13-5-3-6-14-30/h3-10,13-18,24,28-29,34,36-42,52,60-62,70-71H,11-12,19-23,25-27,50-51H2,1-2H3,(H,53,66)(H,54,67)(H,55,65)(H,56,68)(H,57,63)(H,58,69)(H,59,64)/t28-,29-,34-,36+,37+,38-,39-,40+,41+,42+/m1/s1. The highest BCUT2D eigenvalue weighted by molar-refractivity contribution is 7.80. The molecule has 0 aliphatic rings. The van der Waals surface area contributed by atoms with Gasteiger partial charge in [0, 0.05) is 41.4 Å². The number of nitrogens with two attached hydrogens (primary N) is 2. The zero-order valence-corrected chi connectivity index (χ0v) is 41.5. The Balaban J connectivity index is 1.61. The maximum absolute atomic E-state index is 14.6. The molecule has 0 aliphatic carbocycles. The van der Waals surface area contributed by atoms with Gasteiger partial charge in [0.15, 0.2) is 0 Å². The Kier molecular flexibility index (Phi) is 23.8. The van der Waals surface area contributed by atoms with Gasteiger partial charge in [-0.05, 0) is 68.8 Å². The van der Waals surface area contributed by atoms with Crippen LogP contribution >= 0.6 is 25.3 Å². The van der Waals surface area contributed by atoms with E-state index in [1.807, 2.05) is 54.6 Å². The van der Waals surface area contributed by atoms with Crippen LogP contribution in [-0.2, 0) is 52.8 Å². The number of fused-ring (bicyclic) bond motifs is 1. The molecule has 22 heteroatoms. The van der Waals surface area contributed by atoms with E-state index in [0.717, 1.165) is 16.5 Å². The molecule has 0 radical (unpaired) electrons. The summed E-state index contributed by atoms with van der Waals surface area (Å²) in [5.74, 6) is -5.96. The van der Waals surface area contributed by atoms with Crippen molar-refractivity contribution in [1.82, 2.24) is 42.2 Å². The number of carbonyl (C=O) groups excluding carboxylic acids is 7. The number of thiol groups is 2. The van der Waals surface area contributed by atoms with Gasteiger partial charge in [0.05, 0.1) is 30.9 Å². The van der Waals surface area contributed by atoms with Gasteiger partial charge in [-0.1, -0.05) is 78.9 Å². The van der Waals surface area contributed by atoms with Crippen LogP contribution in [0.2, 0.25) is 0 Å². The molecule has 3 aromatic carbocycles. The van der Waals surface area contributed by atoms with Gasteiger partial charge < -0.3 is 69.0 Å². The molecule has 4 rings (SSSR count). The molecule has 0 fully saturated rings. The number of carbonyl (C=O) groups is 7. The molecule has 15 N–H and O–H groups in total. The summed E-state index contributed by atoms with van der Waals surface area (Å²) in [6.07, 6.45) is -0.0947. The molecular formula is C49H68N10O10S2. The quantitative estimate of drug-likeness (QED) is 0.0222. The Morgan fingerprint density at radius 1 is 0.563 bits per heavy atom. The van der Waals surface area contributed by atoms with Gasteiger partial charge in [0.2, 0.25) is 41.4 Å². The number of hydrogen-bond donors (Lipinski definition) is 15. The summed E-state index contributed by atoms with van der Waals surface area (Å²) in [6.45, 7) is 2.25. The number of amides is 7. The Morgan fingerprint density at radius 2 is 1.04 bits per heavy atom. The van der Waals surface area contributed by atoms with E-state index in [9.17, 15) is 48.9 Å². The zero-order valence-electron chi connectivity index (χ0n) is 39.8. The normalized spacial score (nSPS) is 15.5. The van der Waals surface area contributed by atoms with Crippen LogP contribution in [0.25, 0.3) is 10.9 Å². The lowest BCUT2D eigenvalue weighted by atomic mass is 10.0. The number of nitrogens with one attached hydrogen (secondary N) is 8. The van der Waals surface area contributed by atoms with Gasteiger partial charge in [-0.25, -0.2) is 0 Å². The van der Waals surface area contributed by atoms with Gasteiger partial charge in [-0.15, -0.1) is 0 Å². The van der Waals surface area contributed by atoms with E-state index in [-0.39, 0.29) is 43.7 Å². The number of aromatic nitrogens is 1. The second-order valence-corrected chi connectivity index (χ2v) is 18.0. The van der Waals surface area contributed by atoms with Crippen molar-refractivity contribution in [2.45, 2.75) is 113 Å². The first-order valence-electron chi connectivity index (χ1n) is 23.4. The molecule has 20 nitrogen and oxygen atoms in total.